The number of hydrogen-bond donors (Lipinski definition) is 1. The van der Waals surface area contributed by atoms with Crippen LogP contribution < -0.4 is 10.5 Å². The molecule has 3 nitrogen and oxygen atoms in total. The normalized spacial score (nSPS) is 10.2. The van der Waals surface area contributed by atoms with E-state index in [-0.39, 0.29) is 12.3 Å². The van der Waals surface area contributed by atoms with E-state index in [1.807, 2.05) is 35.7 Å². The zero-order valence-corrected chi connectivity index (χ0v) is 10.3. The Labute approximate surface area is 104 Å². The van der Waals surface area contributed by atoms with Crippen molar-refractivity contribution in [3.05, 3.63) is 41.3 Å². The number of amides is 1. The number of hydrogen-bond acceptors (Lipinski definition) is 3. The summed E-state index contributed by atoms with van der Waals surface area (Å²) in [6.45, 7) is 0. The Morgan fingerprint density at radius 3 is 2.65 bits per heavy atom. The number of ether oxygens (including phenoxy) is 1. The summed E-state index contributed by atoms with van der Waals surface area (Å²) >= 11 is 1.56. The summed E-state index contributed by atoms with van der Waals surface area (Å²) in [7, 11) is 1.61. The van der Waals surface area contributed by atoms with Crippen LogP contribution in [-0.4, -0.2) is 13.0 Å². The molecule has 0 saturated heterocycles. The van der Waals surface area contributed by atoms with Gasteiger partial charge in [-0.15, -0.1) is 11.3 Å². The largest absolute Gasteiger partial charge is 0.495 e. The van der Waals surface area contributed by atoms with Gasteiger partial charge in [0.1, 0.15) is 5.75 Å². The van der Waals surface area contributed by atoms with E-state index in [1.165, 1.54) is 0 Å². The van der Waals surface area contributed by atoms with Crippen LogP contribution in [0.15, 0.2) is 35.7 Å². The van der Waals surface area contributed by atoms with Crippen LogP contribution in [0.25, 0.3) is 10.4 Å². The maximum atomic E-state index is 11.0. The highest BCUT2D eigenvalue weighted by Crippen LogP contribution is 2.39. The van der Waals surface area contributed by atoms with E-state index in [1.54, 1.807) is 18.4 Å². The third-order valence-electron chi connectivity index (χ3n) is 2.42. The number of methoxy groups -OCH3 is 1. The molecule has 1 heterocycles. The van der Waals surface area contributed by atoms with Gasteiger partial charge >= 0.3 is 0 Å². The first-order chi connectivity index (χ1) is 8.22. The fourth-order valence-electron chi connectivity index (χ4n) is 1.71. The number of carbonyl (C=O) groups excluding carboxylic acids is 1. The van der Waals surface area contributed by atoms with Gasteiger partial charge in [-0.05, 0) is 10.9 Å². The molecule has 0 saturated carbocycles. The van der Waals surface area contributed by atoms with Crippen molar-refractivity contribution >= 4 is 17.2 Å². The lowest BCUT2D eigenvalue weighted by molar-refractivity contribution is -0.117. The highest BCUT2D eigenvalue weighted by atomic mass is 32.1. The Balaban J connectivity index is 2.42. The molecule has 0 aliphatic rings. The molecule has 0 radical (unpaired) electrons. The first kappa shape index (κ1) is 11.7. The molecule has 2 N–H and O–H groups in total. The van der Waals surface area contributed by atoms with Crippen LogP contribution in [-0.2, 0) is 11.2 Å². The molecule has 0 unspecified atom stereocenters. The lowest BCUT2D eigenvalue weighted by Gasteiger charge is -2.05. The van der Waals surface area contributed by atoms with Gasteiger partial charge in [0.25, 0.3) is 0 Å². The summed E-state index contributed by atoms with van der Waals surface area (Å²) in [6.07, 6.45) is 0.215. The van der Waals surface area contributed by atoms with Crippen molar-refractivity contribution in [3.8, 4) is 16.2 Å². The molecule has 0 fully saturated rings. The van der Waals surface area contributed by atoms with Crippen molar-refractivity contribution in [1.82, 2.24) is 0 Å². The fraction of sp³-hybridized carbons (Fsp3) is 0.154. The molecule has 4 heteroatoms. The zero-order chi connectivity index (χ0) is 12.3. The number of rotatable bonds is 4. The van der Waals surface area contributed by atoms with Gasteiger partial charge in [0.05, 0.1) is 18.4 Å². The van der Waals surface area contributed by atoms with E-state index >= 15 is 0 Å². The van der Waals surface area contributed by atoms with Gasteiger partial charge in [0, 0.05) is 5.56 Å². The third-order valence-corrected chi connectivity index (χ3v) is 3.48. The zero-order valence-electron chi connectivity index (χ0n) is 9.47. The molecular weight excluding hydrogens is 234 g/mol. The van der Waals surface area contributed by atoms with E-state index in [0.29, 0.717) is 0 Å². The first-order valence-corrected chi connectivity index (χ1v) is 6.08. The molecule has 88 valence electrons. The van der Waals surface area contributed by atoms with Gasteiger partial charge in [0.15, 0.2) is 0 Å². The minimum atomic E-state index is -0.347. The number of thiophene rings is 1. The van der Waals surface area contributed by atoms with Crippen molar-refractivity contribution in [3.63, 3.8) is 0 Å². The van der Waals surface area contributed by atoms with Gasteiger partial charge in [-0.2, -0.15) is 0 Å². The Kier molecular flexibility index (Phi) is 3.44. The fourth-order valence-corrected chi connectivity index (χ4v) is 2.75. The van der Waals surface area contributed by atoms with Crippen molar-refractivity contribution in [2.45, 2.75) is 6.42 Å². The predicted octanol–water partition coefficient (Wildman–Crippen LogP) is 2.45. The summed E-state index contributed by atoms with van der Waals surface area (Å²) in [5.74, 6) is 0.403. The first-order valence-electron chi connectivity index (χ1n) is 5.20. The lowest BCUT2D eigenvalue weighted by Crippen LogP contribution is -2.13. The second-order valence-electron chi connectivity index (χ2n) is 3.63. The molecule has 0 aliphatic heterocycles. The van der Waals surface area contributed by atoms with Crippen molar-refractivity contribution in [2.24, 2.45) is 5.73 Å². The second kappa shape index (κ2) is 5.01. The molecule has 1 aromatic heterocycles. The highest BCUT2D eigenvalue weighted by molar-refractivity contribution is 7.14. The van der Waals surface area contributed by atoms with E-state index in [9.17, 15) is 4.79 Å². The van der Waals surface area contributed by atoms with Crippen molar-refractivity contribution in [1.29, 1.82) is 0 Å². The molecule has 1 aromatic carbocycles. The van der Waals surface area contributed by atoms with Gasteiger partial charge in [-0.1, -0.05) is 30.3 Å². The maximum Gasteiger partial charge on any atom is 0.222 e. The van der Waals surface area contributed by atoms with Gasteiger partial charge in [0.2, 0.25) is 5.91 Å². The van der Waals surface area contributed by atoms with Crippen LogP contribution in [0.1, 0.15) is 5.56 Å². The Morgan fingerprint density at radius 1 is 1.35 bits per heavy atom. The molecule has 0 spiro atoms. The summed E-state index contributed by atoms with van der Waals surface area (Å²) in [4.78, 5) is 12.0. The molecular formula is C13H13NO2S. The Bertz CT molecular complexity index is 519. The number of primary amides is 1. The quantitative estimate of drug-likeness (QED) is 0.902. The molecule has 1 amide bonds. The van der Waals surface area contributed by atoms with E-state index in [4.69, 9.17) is 10.5 Å². The summed E-state index contributed by atoms with van der Waals surface area (Å²) < 4.78 is 5.37. The predicted molar refractivity (Wildman–Crippen MR) is 69.2 cm³/mol. The molecule has 0 bridgehead atoms. The van der Waals surface area contributed by atoms with E-state index < -0.39 is 0 Å². The van der Waals surface area contributed by atoms with Crippen LogP contribution in [0.3, 0.4) is 0 Å². The summed E-state index contributed by atoms with van der Waals surface area (Å²) in [5.41, 5.74) is 7.14. The van der Waals surface area contributed by atoms with Gasteiger partial charge in [-0.3, -0.25) is 4.79 Å². The Hall–Kier alpha value is -1.81. The second-order valence-corrected chi connectivity index (χ2v) is 4.51. The minimum Gasteiger partial charge on any atom is -0.495 e. The third kappa shape index (κ3) is 2.47. The monoisotopic (exact) mass is 247 g/mol. The topological polar surface area (TPSA) is 52.3 Å². The van der Waals surface area contributed by atoms with Crippen LogP contribution >= 0.6 is 11.3 Å². The van der Waals surface area contributed by atoms with Crippen LogP contribution in [0.5, 0.6) is 5.75 Å². The molecule has 17 heavy (non-hydrogen) atoms. The highest BCUT2D eigenvalue weighted by Gasteiger charge is 2.15. The van der Waals surface area contributed by atoms with E-state index in [2.05, 4.69) is 0 Å². The number of carbonyl (C=O) groups is 1. The van der Waals surface area contributed by atoms with E-state index in [0.717, 1.165) is 21.8 Å². The standard InChI is InChI=1S/C13H13NO2S/c1-16-12-10(7-11(14)15)8-17-13(12)9-5-3-2-4-6-9/h2-6,8H,7H2,1H3,(H2,14,15). The summed E-state index contributed by atoms with van der Waals surface area (Å²) in [5, 5.41) is 1.92. The van der Waals surface area contributed by atoms with Gasteiger partial charge in [-0.25, -0.2) is 0 Å². The average Bonchev–Trinajstić information content (AvgIpc) is 2.72. The van der Waals surface area contributed by atoms with Crippen LogP contribution in [0.2, 0.25) is 0 Å². The Morgan fingerprint density at radius 2 is 2.06 bits per heavy atom. The molecule has 2 rings (SSSR count). The smallest absolute Gasteiger partial charge is 0.222 e. The van der Waals surface area contributed by atoms with Crippen LogP contribution in [0, 0.1) is 0 Å². The molecule has 2 aromatic rings. The lowest BCUT2D eigenvalue weighted by atomic mass is 10.1. The molecule has 0 aliphatic carbocycles. The van der Waals surface area contributed by atoms with Crippen LogP contribution in [0.4, 0.5) is 0 Å². The van der Waals surface area contributed by atoms with Crippen molar-refractivity contribution < 1.29 is 9.53 Å². The molecule has 0 atom stereocenters. The van der Waals surface area contributed by atoms with Gasteiger partial charge < -0.3 is 10.5 Å². The number of benzene rings is 1. The SMILES string of the molecule is COc1c(CC(N)=O)csc1-c1ccccc1. The summed E-state index contributed by atoms with van der Waals surface area (Å²) in [6, 6.07) is 9.95. The minimum absolute atomic E-state index is 0.215. The number of nitrogens with two attached hydrogens (primary N) is 1. The average molecular weight is 247 g/mol. The van der Waals surface area contributed by atoms with Crippen molar-refractivity contribution in [2.75, 3.05) is 7.11 Å². The maximum absolute atomic E-state index is 11.0.